The zero-order valence-electron chi connectivity index (χ0n) is 10.5. The van der Waals surface area contributed by atoms with Crippen LogP contribution in [0, 0.1) is 5.92 Å². The summed E-state index contributed by atoms with van der Waals surface area (Å²) in [7, 11) is 0. The number of halogens is 1. The maximum Gasteiger partial charge on any atom is 0.123 e. The van der Waals surface area contributed by atoms with E-state index in [0.717, 1.165) is 24.7 Å². The SMILES string of the molecule is CC1CCC(C)N(Cc2nc(N)ccc2Cl)C1. The average Bonchev–Trinajstić information content (AvgIpc) is 2.28. The first-order valence-corrected chi connectivity index (χ1v) is 6.59. The minimum Gasteiger partial charge on any atom is -0.384 e. The van der Waals surface area contributed by atoms with Gasteiger partial charge in [-0.2, -0.15) is 0 Å². The van der Waals surface area contributed by atoms with E-state index in [1.54, 1.807) is 6.07 Å². The Balaban J connectivity index is 2.11. The van der Waals surface area contributed by atoms with Gasteiger partial charge in [-0.1, -0.05) is 18.5 Å². The third kappa shape index (κ3) is 3.11. The lowest BCUT2D eigenvalue weighted by atomic mass is 9.95. The van der Waals surface area contributed by atoms with E-state index in [0.29, 0.717) is 16.9 Å². The van der Waals surface area contributed by atoms with Crippen LogP contribution in [0.1, 0.15) is 32.4 Å². The lowest BCUT2D eigenvalue weighted by Gasteiger charge is -2.36. The van der Waals surface area contributed by atoms with Gasteiger partial charge in [0.1, 0.15) is 5.82 Å². The van der Waals surface area contributed by atoms with Crippen molar-refractivity contribution < 1.29 is 0 Å². The fourth-order valence-electron chi connectivity index (χ4n) is 2.40. The Morgan fingerprint density at radius 1 is 1.41 bits per heavy atom. The van der Waals surface area contributed by atoms with E-state index in [4.69, 9.17) is 17.3 Å². The fraction of sp³-hybridized carbons (Fsp3) is 0.615. The van der Waals surface area contributed by atoms with Crippen LogP contribution < -0.4 is 5.73 Å². The number of pyridine rings is 1. The van der Waals surface area contributed by atoms with E-state index in [1.807, 2.05) is 6.07 Å². The van der Waals surface area contributed by atoms with Gasteiger partial charge in [-0.05, 0) is 37.8 Å². The molecule has 0 radical (unpaired) electrons. The number of nitrogen functional groups attached to an aromatic ring is 1. The normalized spacial score (nSPS) is 26.1. The highest BCUT2D eigenvalue weighted by Crippen LogP contribution is 2.25. The van der Waals surface area contributed by atoms with E-state index >= 15 is 0 Å². The molecule has 0 amide bonds. The van der Waals surface area contributed by atoms with Gasteiger partial charge in [0.2, 0.25) is 0 Å². The molecule has 1 fully saturated rings. The highest BCUT2D eigenvalue weighted by Gasteiger charge is 2.23. The first-order valence-electron chi connectivity index (χ1n) is 6.21. The topological polar surface area (TPSA) is 42.2 Å². The van der Waals surface area contributed by atoms with Crippen LogP contribution in [0.4, 0.5) is 5.82 Å². The number of piperidine rings is 1. The third-order valence-corrected chi connectivity index (χ3v) is 3.88. The molecule has 1 aliphatic heterocycles. The van der Waals surface area contributed by atoms with E-state index in [-0.39, 0.29) is 0 Å². The summed E-state index contributed by atoms with van der Waals surface area (Å²) in [5.74, 6) is 1.30. The zero-order chi connectivity index (χ0) is 12.4. The summed E-state index contributed by atoms with van der Waals surface area (Å²) < 4.78 is 0. The molecule has 4 heteroatoms. The van der Waals surface area contributed by atoms with Crippen molar-refractivity contribution >= 4 is 17.4 Å². The molecule has 1 aliphatic rings. The van der Waals surface area contributed by atoms with Gasteiger partial charge in [0.25, 0.3) is 0 Å². The van der Waals surface area contributed by atoms with Crippen molar-refractivity contribution in [3.05, 3.63) is 22.8 Å². The van der Waals surface area contributed by atoms with Gasteiger partial charge < -0.3 is 5.73 Å². The van der Waals surface area contributed by atoms with Crippen LogP contribution in [0.3, 0.4) is 0 Å². The molecular formula is C13H20ClN3. The first kappa shape index (κ1) is 12.7. The second kappa shape index (κ2) is 5.23. The summed E-state index contributed by atoms with van der Waals surface area (Å²) in [5.41, 5.74) is 6.60. The summed E-state index contributed by atoms with van der Waals surface area (Å²) in [6.45, 7) is 6.49. The number of anilines is 1. The van der Waals surface area contributed by atoms with Crippen LogP contribution in [0.2, 0.25) is 5.02 Å². The van der Waals surface area contributed by atoms with Crippen molar-refractivity contribution in [2.45, 2.75) is 39.3 Å². The van der Waals surface area contributed by atoms with Crippen molar-refractivity contribution in [3.63, 3.8) is 0 Å². The Morgan fingerprint density at radius 3 is 2.94 bits per heavy atom. The summed E-state index contributed by atoms with van der Waals surface area (Å²) in [4.78, 5) is 6.78. The average molecular weight is 254 g/mol. The summed E-state index contributed by atoms with van der Waals surface area (Å²) >= 11 is 6.15. The van der Waals surface area contributed by atoms with Gasteiger partial charge >= 0.3 is 0 Å². The largest absolute Gasteiger partial charge is 0.384 e. The molecule has 0 aliphatic carbocycles. The maximum absolute atomic E-state index is 6.15. The molecule has 0 bridgehead atoms. The Morgan fingerprint density at radius 2 is 2.18 bits per heavy atom. The number of rotatable bonds is 2. The Labute approximate surface area is 108 Å². The predicted molar refractivity (Wildman–Crippen MR) is 71.9 cm³/mol. The van der Waals surface area contributed by atoms with Gasteiger partial charge in [-0.15, -0.1) is 0 Å². The molecule has 3 nitrogen and oxygen atoms in total. The van der Waals surface area contributed by atoms with Crippen molar-refractivity contribution in [2.24, 2.45) is 5.92 Å². The van der Waals surface area contributed by atoms with Crippen LogP contribution in [-0.4, -0.2) is 22.5 Å². The van der Waals surface area contributed by atoms with Crippen LogP contribution in [0.15, 0.2) is 12.1 Å². The zero-order valence-corrected chi connectivity index (χ0v) is 11.2. The molecule has 2 atom stereocenters. The second-order valence-corrected chi connectivity index (χ2v) is 5.53. The van der Waals surface area contributed by atoms with E-state index in [1.165, 1.54) is 12.8 Å². The molecule has 2 heterocycles. The molecule has 1 aromatic rings. The monoisotopic (exact) mass is 253 g/mol. The Hall–Kier alpha value is -0.800. The summed E-state index contributed by atoms with van der Waals surface area (Å²) in [6, 6.07) is 4.18. The number of hydrogen-bond donors (Lipinski definition) is 1. The molecule has 94 valence electrons. The number of nitrogens with zero attached hydrogens (tertiary/aromatic N) is 2. The molecule has 2 unspecified atom stereocenters. The quantitative estimate of drug-likeness (QED) is 0.881. The summed E-state index contributed by atoms with van der Waals surface area (Å²) in [5, 5.41) is 0.713. The highest BCUT2D eigenvalue weighted by atomic mass is 35.5. The van der Waals surface area contributed by atoms with Gasteiger partial charge in [-0.3, -0.25) is 4.90 Å². The minimum atomic E-state index is 0.544. The molecule has 2 N–H and O–H groups in total. The van der Waals surface area contributed by atoms with E-state index in [9.17, 15) is 0 Å². The van der Waals surface area contributed by atoms with Gasteiger partial charge in [0, 0.05) is 19.1 Å². The van der Waals surface area contributed by atoms with Crippen LogP contribution >= 0.6 is 11.6 Å². The van der Waals surface area contributed by atoms with Crippen molar-refractivity contribution in [3.8, 4) is 0 Å². The Kier molecular flexibility index (Phi) is 3.89. The Bertz CT molecular complexity index is 394. The van der Waals surface area contributed by atoms with E-state index in [2.05, 4.69) is 23.7 Å². The summed E-state index contributed by atoms with van der Waals surface area (Å²) in [6.07, 6.45) is 2.57. The molecule has 0 aromatic carbocycles. The molecule has 1 saturated heterocycles. The van der Waals surface area contributed by atoms with Crippen molar-refractivity contribution in [1.82, 2.24) is 9.88 Å². The first-order chi connectivity index (χ1) is 8.06. The highest BCUT2D eigenvalue weighted by molar-refractivity contribution is 6.31. The number of hydrogen-bond acceptors (Lipinski definition) is 3. The van der Waals surface area contributed by atoms with Gasteiger partial charge in [-0.25, -0.2) is 4.98 Å². The molecule has 17 heavy (non-hydrogen) atoms. The lowest BCUT2D eigenvalue weighted by Crippen LogP contribution is -2.40. The minimum absolute atomic E-state index is 0.544. The molecular weight excluding hydrogens is 234 g/mol. The molecule has 0 saturated carbocycles. The maximum atomic E-state index is 6.15. The van der Waals surface area contributed by atoms with Crippen LogP contribution in [0.5, 0.6) is 0 Å². The molecule has 0 spiro atoms. The number of likely N-dealkylation sites (tertiary alicyclic amines) is 1. The van der Waals surface area contributed by atoms with Crippen LogP contribution in [0.25, 0.3) is 0 Å². The van der Waals surface area contributed by atoms with Crippen LogP contribution in [-0.2, 0) is 6.54 Å². The van der Waals surface area contributed by atoms with Gasteiger partial charge in [0.15, 0.2) is 0 Å². The molecule has 2 rings (SSSR count). The fourth-order valence-corrected chi connectivity index (χ4v) is 2.57. The predicted octanol–water partition coefficient (Wildman–Crippen LogP) is 2.94. The second-order valence-electron chi connectivity index (χ2n) is 5.13. The third-order valence-electron chi connectivity index (χ3n) is 3.54. The standard InChI is InChI=1S/C13H20ClN3/c1-9-3-4-10(2)17(7-9)8-12-11(14)5-6-13(15)16-12/h5-6,9-10H,3-4,7-8H2,1-2H3,(H2,15,16). The number of aromatic nitrogens is 1. The lowest BCUT2D eigenvalue weighted by molar-refractivity contribution is 0.116. The smallest absolute Gasteiger partial charge is 0.123 e. The van der Waals surface area contributed by atoms with E-state index < -0.39 is 0 Å². The van der Waals surface area contributed by atoms with Gasteiger partial charge in [0.05, 0.1) is 10.7 Å². The molecule has 1 aromatic heterocycles. The number of nitrogens with two attached hydrogens (primary N) is 1. The van der Waals surface area contributed by atoms with Crippen molar-refractivity contribution in [1.29, 1.82) is 0 Å². The van der Waals surface area contributed by atoms with Crippen molar-refractivity contribution in [2.75, 3.05) is 12.3 Å².